The minimum atomic E-state index is -0.459. The first-order valence-electron chi connectivity index (χ1n) is 5.51. The van der Waals surface area contributed by atoms with Gasteiger partial charge in [0.05, 0.1) is 21.9 Å². The molecule has 0 saturated carbocycles. The van der Waals surface area contributed by atoms with Crippen LogP contribution in [0.2, 0.25) is 0 Å². The van der Waals surface area contributed by atoms with Crippen LogP contribution in [0, 0.1) is 0 Å². The van der Waals surface area contributed by atoms with Crippen molar-refractivity contribution in [2.24, 2.45) is 0 Å². The Labute approximate surface area is 104 Å². The molecule has 0 saturated heterocycles. The summed E-state index contributed by atoms with van der Waals surface area (Å²) < 4.78 is 1.05. The average molecular weight is 251 g/mol. The quantitative estimate of drug-likeness (QED) is 0.733. The molecule has 0 amide bonds. The Morgan fingerprint density at radius 2 is 2.18 bits per heavy atom. The summed E-state index contributed by atoms with van der Waals surface area (Å²) in [5.41, 5.74) is 6.99. The maximum atomic E-state index is 9.65. The Kier molecular flexibility index (Phi) is 2.97. The molecular weight excluding hydrogens is 234 g/mol. The van der Waals surface area contributed by atoms with Gasteiger partial charge in [0.15, 0.2) is 5.13 Å². The molecular formula is C12H17N3OS. The zero-order valence-electron chi connectivity index (χ0n) is 10.2. The number of hydrogen-bond acceptors (Lipinski definition) is 5. The third kappa shape index (κ3) is 2.50. The van der Waals surface area contributed by atoms with Crippen LogP contribution in [-0.4, -0.2) is 21.7 Å². The van der Waals surface area contributed by atoms with Gasteiger partial charge in [0, 0.05) is 5.69 Å². The van der Waals surface area contributed by atoms with E-state index in [2.05, 4.69) is 10.3 Å². The second kappa shape index (κ2) is 4.16. The number of nitrogens with zero attached hydrogens (tertiary/aromatic N) is 1. The van der Waals surface area contributed by atoms with E-state index in [0.29, 0.717) is 0 Å². The molecule has 4 nitrogen and oxygen atoms in total. The van der Waals surface area contributed by atoms with Crippen LogP contribution in [-0.2, 0) is 0 Å². The number of nitrogens with two attached hydrogens (primary N) is 1. The van der Waals surface area contributed by atoms with Gasteiger partial charge in [-0.1, -0.05) is 11.3 Å². The van der Waals surface area contributed by atoms with E-state index in [9.17, 15) is 5.11 Å². The highest BCUT2D eigenvalue weighted by molar-refractivity contribution is 7.22. The molecule has 0 spiro atoms. The standard InChI is InChI=1S/C12H17N3OS/c1-7(16)12(2,3)15-11-14-9-5-4-8(13)6-10(9)17-11/h4-7,16H,13H2,1-3H3,(H,14,15). The maximum absolute atomic E-state index is 9.65. The van der Waals surface area contributed by atoms with Gasteiger partial charge in [-0.2, -0.15) is 0 Å². The average Bonchev–Trinajstić information content (AvgIpc) is 2.57. The molecule has 4 N–H and O–H groups in total. The summed E-state index contributed by atoms with van der Waals surface area (Å²) in [5.74, 6) is 0. The van der Waals surface area contributed by atoms with E-state index in [-0.39, 0.29) is 0 Å². The number of nitrogens with one attached hydrogen (secondary N) is 1. The smallest absolute Gasteiger partial charge is 0.184 e. The molecule has 1 unspecified atom stereocenters. The number of hydrogen-bond donors (Lipinski definition) is 3. The fourth-order valence-corrected chi connectivity index (χ4v) is 2.45. The van der Waals surface area contributed by atoms with Crippen molar-refractivity contribution < 1.29 is 5.11 Å². The fourth-order valence-electron chi connectivity index (χ4n) is 1.37. The lowest BCUT2D eigenvalue weighted by Gasteiger charge is -2.28. The molecule has 2 rings (SSSR count). The number of anilines is 2. The number of aromatic nitrogens is 1. The first-order valence-corrected chi connectivity index (χ1v) is 6.32. The number of thiazole rings is 1. The van der Waals surface area contributed by atoms with E-state index in [1.165, 1.54) is 0 Å². The zero-order valence-corrected chi connectivity index (χ0v) is 11.0. The third-order valence-corrected chi connectivity index (χ3v) is 3.82. The summed E-state index contributed by atoms with van der Waals surface area (Å²) in [6.45, 7) is 5.65. The van der Waals surface area contributed by atoms with Crippen molar-refractivity contribution in [1.82, 2.24) is 4.98 Å². The van der Waals surface area contributed by atoms with Crippen molar-refractivity contribution in [1.29, 1.82) is 0 Å². The zero-order chi connectivity index (χ0) is 12.6. The van der Waals surface area contributed by atoms with Gasteiger partial charge in [-0.05, 0) is 39.0 Å². The minimum absolute atomic E-state index is 0.403. The van der Waals surface area contributed by atoms with Crippen LogP contribution < -0.4 is 11.1 Å². The van der Waals surface area contributed by atoms with Gasteiger partial charge in [0.1, 0.15) is 0 Å². The van der Waals surface area contributed by atoms with Crippen LogP contribution in [0.1, 0.15) is 20.8 Å². The molecule has 0 fully saturated rings. The monoisotopic (exact) mass is 251 g/mol. The van der Waals surface area contributed by atoms with Crippen molar-refractivity contribution in [3.63, 3.8) is 0 Å². The Morgan fingerprint density at radius 3 is 2.82 bits per heavy atom. The van der Waals surface area contributed by atoms with E-state index in [1.54, 1.807) is 18.3 Å². The lowest BCUT2D eigenvalue weighted by Crippen LogP contribution is -2.41. The largest absolute Gasteiger partial charge is 0.399 e. The molecule has 92 valence electrons. The van der Waals surface area contributed by atoms with Crippen LogP contribution in [0.25, 0.3) is 10.2 Å². The SMILES string of the molecule is CC(O)C(C)(C)Nc1nc2ccc(N)cc2s1. The normalized spacial score (nSPS) is 13.9. The maximum Gasteiger partial charge on any atom is 0.184 e. The molecule has 1 heterocycles. The van der Waals surface area contributed by atoms with Crippen LogP contribution in [0.4, 0.5) is 10.8 Å². The van der Waals surface area contributed by atoms with Crippen LogP contribution in [0.3, 0.4) is 0 Å². The summed E-state index contributed by atoms with van der Waals surface area (Å²) in [4.78, 5) is 4.46. The van der Waals surface area contributed by atoms with Crippen molar-refractivity contribution >= 4 is 32.4 Å². The van der Waals surface area contributed by atoms with Crippen molar-refractivity contribution in [2.45, 2.75) is 32.4 Å². The highest BCUT2D eigenvalue weighted by atomic mass is 32.1. The number of fused-ring (bicyclic) bond motifs is 1. The number of benzene rings is 1. The predicted molar refractivity (Wildman–Crippen MR) is 73.4 cm³/mol. The van der Waals surface area contributed by atoms with E-state index < -0.39 is 11.6 Å². The van der Waals surface area contributed by atoms with Gasteiger partial charge >= 0.3 is 0 Å². The van der Waals surface area contributed by atoms with Gasteiger partial charge < -0.3 is 16.2 Å². The molecule has 0 aliphatic carbocycles. The third-order valence-electron chi connectivity index (χ3n) is 2.89. The molecule has 0 bridgehead atoms. The van der Waals surface area contributed by atoms with Gasteiger partial charge in [0.25, 0.3) is 0 Å². The van der Waals surface area contributed by atoms with Gasteiger partial charge in [-0.3, -0.25) is 0 Å². The summed E-state index contributed by atoms with van der Waals surface area (Å²) in [7, 11) is 0. The molecule has 2 aromatic rings. The second-order valence-electron chi connectivity index (χ2n) is 4.77. The molecule has 0 aliphatic rings. The first-order chi connectivity index (χ1) is 7.88. The number of nitrogen functional groups attached to an aromatic ring is 1. The van der Waals surface area contributed by atoms with Gasteiger partial charge in [0.2, 0.25) is 0 Å². The molecule has 0 aliphatic heterocycles. The fraction of sp³-hybridized carbons (Fsp3) is 0.417. The van der Waals surface area contributed by atoms with E-state index in [0.717, 1.165) is 21.0 Å². The number of rotatable bonds is 3. The van der Waals surface area contributed by atoms with E-state index >= 15 is 0 Å². The topological polar surface area (TPSA) is 71.2 Å². The first kappa shape index (κ1) is 12.1. The summed E-state index contributed by atoms with van der Waals surface area (Å²) >= 11 is 1.54. The second-order valence-corrected chi connectivity index (χ2v) is 5.80. The van der Waals surface area contributed by atoms with Crippen molar-refractivity contribution in [3.05, 3.63) is 18.2 Å². The summed E-state index contributed by atoms with van der Waals surface area (Å²) in [5, 5.41) is 13.7. The van der Waals surface area contributed by atoms with Crippen LogP contribution >= 0.6 is 11.3 Å². The van der Waals surface area contributed by atoms with E-state index in [1.807, 2.05) is 32.0 Å². The minimum Gasteiger partial charge on any atom is -0.399 e. The number of aliphatic hydroxyl groups is 1. The molecule has 1 atom stereocenters. The van der Waals surface area contributed by atoms with Gasteiger partial charge in [-0.15, -0.1) is 0 Å². The van der Waals surface area contributed by atoms with Crippen LogP contribution in [0.5, 0.6) is 0 Å². The predicted octanol–water partition coefficient (Wildman–Crippen LogP) is 2.45. The van der Waals surface area contributed by atoms with Crippen molar-refractivity contribution in [2.75, 3.05) is 11.1 Å². The Bertz CT molecular complexity index is 534. The number of aliphatic hydroxyl groups excluding tert-OH is 1. The van der Waals surface area contributed by atoms with Gasteiger partial charge in [-0.25, -0.2) is 4.98 Å². The highest BCUT2D eigenvalue weighted by Gasteiger charge is 2.24. The molecule has 1 aromatic heterocycles. The lowest BCUT2D eigenvalue weighted by molar-refractivity contribution is 0.133. The summed E-state index contributed by atoms with van der Waals surface area (Å²) in [6.07, 6.45) is -0.459. The van der Waals surface area contributed by atoms with E-state index in [4.69, 9.17) is 5.73 Å². The molecule has 17 heavy (non-hydrogen) atoms. The Morgan fingerprint density at radius 1 is 1.47 bits per heavy atom. The Hall–Kier alpha value is -1.33. The molecule has 1 aromatic carbocycles. The Balaban J connectivity index is 2.31. The molecule has 5 heteroatoms. The highest BCUT2D eigenvalue weighted by Crippen LogP contribution is 2.29. The summed E-state index contributed by atoms with van der Waals surface area (Å²) in [6, 6.07) is 5.65. The van der Waals surface area contributed by atoms with Crippen LogP contribution in [0.15, 0.2) is 18.2 Å². The molecule has 0 radical (unpaired) electrons. The lowest BCUT2D eigenvalue weighted by atomic mass is 9.99. The van der Waals surface area contributed by atoms with Crippen molar-refractivity contribution in [3.8, 4) is 0 Å².